The summed E-state index contributed by atoms with van der Waals surface area (Å²) in [7, 11) is 2.22. The van der Waals surface area contributed by atoms with Crippen LogP contribution in [0, 0.1) is 12.8 Å². The maximum Gasteiger partial charge on any atom is 0.110 e. The van der Waals surface area contributed by atoms with Crippen LogP contribution in [0.4, 0.5) is 0 Å². The Labute approximate surface area is 108 Å². The van der Waals surface area contributed by atoms with Crippen LogP contribution in [-0.4, -0.2) is 36.1 Å². The molecule has 0 aromatic carbocycles. The molecule has 1 aliphatic rings. The number of likely N-dealkylation sites (tertiary alicyclic amines) is 1. The fourth-order valence-corrected chi connectivity index (χ4v) is 3.58. The number of nitrogens with one attached hydrogen (secondary N) is 1. The van der Waals surface area contributed by atoms with Crippen molar-refractivity contribution in [3.63, 3.8) is 0 Å². The topological polar surface area (TPSA) is 28.2 Å². The van der Waals surface area contributed by atoms with Gasteiger partial charge in [-0.3, -0.25) is 4.90 Å². The van der Waals surface area contributed by atoms with E-state index in [1.165, 1.54) is 18.0 Å². The van der Waals surface area contributed by atoms with E-state index < -0.39 is 0 Å². The van der Waals surface area contributed by atoms with Crippen LogP contribution in [0.15, 0.2) is 5.38 Å². The average molecular weight is 253 g/mol. The highest BCUT2D eigenvalue weighted by Gasteiger charge is 2.34. The van der Waals surface area contributed by atoms with Gasteiger partial charge in [0, 0.05) is 23.7 Å². The molecule has 3 nitrogen and oxygen atoms in total. The molecule has 4 heteroatoms. The van der Waals surface area contributed by atoms with Gasteiger partial charge in [0.1, 0.15) is 5.01 Å². The number of aryl methyl sites for hydroxylation is 1. The lowest BCUT2D eigenvalue weighted by Gasteiger charge is -2.24. The molecule has 1 aromatic rings. The molecule has 1 fully saturated rings. The first-order chi connectivity index (χ1) is 8.08. The highest BCUT2D eigenvalue weighted by molar-refractivity contribution is 7.09. The molecule has 2 heterocycles. The second kappa shape index (κ2) is 5.46. The number of nitrogens with zero attached hydrogens (tertiary/aromatic N) is 2. The molecule has 1 aromatic heterocycles. The SMILES string of the molecule is Cc1csc(C2C(CNC(C)C)CCN2C)n1. The number of hydrogen-bond donors (Lipinski definition) is 1. The molecule has 0 bridgehead atoms. The second-order valence-electron chi connectivity index (χ2n) is 5.36. The van der Waals surface area contributed by atoms with E-state index in [0.717, 1.165) is 12.2 Å². The Bertz CT molecular complexity index is 361. The van der Waals surface area contributed by atoms with Crippen molar-refractivity contribution in [1.82, 2.24) is 15.2 Å². The first-order valence-electron chi connectivity index (χ1n) is 6.43. The van der Waals surface area contributed by atoms with E-state index in [1.54, 1.807) is 0 Å². The molecule has 0 aliphatic carbocycles. The molecule has 0 amide bonds. The highest BCUT2D eigenvalue weighted by Crippen LogP contribution is 2.37. The maximum atomic E-state index is 4.67. The molecule has 0 saturated carbocycles. The number of thiazole rings is 1. The van der Waals surface area contributed by atoms with Gasteiger partial charge in [-0.1, -0.05) is 13.8 Å². The lowest BCUT2D eigenvalue weighted by atomic mass is 10.0. The van der Waals surface area contributed by atoms with Crippen LogP contribution in [0.3, 0.4) is 0 Å². The van der Waals surface area contributed by atoms with E-state index >= 15 is 0 Å². The van der Waals surface area contributed by atoms with E-state index in [-0.39, 0.29) is 0 Å². The molecule has 0 radical (unpaired) electrons. The lowest BCUT2D eigenvalue weighted by molar-refractivity contribution is 0.268. The van der Waals surface area contributed by atoms with Crippen molar-refractivity contribution in [2.45, 2.75) is 39.3 Å². The summed E-state index contributed by atoms with van der Waals surface area (Å²) in [6.07, 6.45) is 1.28. The third-order valence-corrected chi connectivity index (χ3v) is 4.49. The molecule has 17 heavy (non-hydrogen) atoms. The minimum absolute atomic E-state index is 0.514. The fourth-order valence-electron chi connectivity index (χ4n) is 2.53. The van der Waals surface area contributed by atoms with Crippen LogP contribution >= 0.6 is 11.3 Å². The number of hydrogen-bond acceptors (Lipinski definition) is 4. The maximum absolute atomic E-state index is 4.67. The molecule has 0 spiro atoms. The molecule has 1 N–H and O–H groups in total. The smallest absolute Gasteiger partial charge is 0.110 e. The standard InChI is InChI=1S/C13H23N3S/c1-9(2)14-7-11-5-6-16(4)12(11)13-15-10(3)8-17-13/h8-9,11-12,14H,5-7H2,1-4H3. The Morgan fingerprint density at radius 3 is 2.94 bits per heavy atom. The van der Waals surface area contributed by atoms with Crippen molar-refractivity contribution in [3.8, 4) is 0 Å². The molecule has 1 saturated heterocycles. The summed E-state index contributed by atoms with van der Waals surface area (Å²) in [6, 6.07) is 1.08. The minimum atomic E-state index is 0.514. The zero-order valence-electron chi connectivity index (χ0n) is 11.2. The van der Waals surface area contributed by atoms with Gasteiger partial charge in [0.25, 0.3) is 0 Å². The minimum Gasteiger partial charge on any atom is -0.314 e. The Balaban J connectivity index is 2.06. The van der Waals surface area contributed by atoms with E-state index in [2.05, 4.69) is 48.4 Å². The Hall–Kier alpha value is -0.450. The van der Waals surface area contributed by atoms with Gasteiger partial charge in [0.2, 0.25) is 0 Å². The van der Waals surface area contributed by atoms with Gasteiger partial charge in [-0.05, 0) is 32.9 Å². The van der Waals surface area contributed by atoms with E-state index in [1.807, 2.05) is 11.3 Å². The molecule has 2 rings (SSSR count). The van der Waals surface area contributed by atoms with Gasteiger partial charge in [-0.25, -0.2) is 4.98 Å². The Kier molecular flexibility index (Phi) is 4.17. The van der Waals surface area contributed by atoms with Crippen molar-refractivity contribution in [2.75, 3.05) is 20.1 Å². The highest BCUT2D eigenvalue weighted by atomic mass is 32.1. The number of rotatable bonds is 4. The first kappa shape index (κ1) is 13.0. The van der Waals surface area contributed by atoms with Gasteiger partial charge >= 0.3 is 0 Å². The molecular formula is C13H23N3S. The summed E-state index contributed by atoms with van der Waals surface area (Å²) in [5.41, 5.74) is 1.15. The van der Waals surface area contributed by atoms with Crippen molar-refractivity contribution < 1.29 is 0 Å². The van der Waals surface area contributed by atoms with E-state index in [0.29, 0.717) is 18.0 Å². The van der Waals surface area contributed by atoms with Gasteiger partial charge in [0.15, 0.2) is 0 Å². The second-order valence-corrected chi connectivity index (χ2v) is 6.25. The predicted octanol–water partition coefficient (Wildman–Crippen LogP) is 2.44. The quantitative estimate of drug-likeness (QED) is 0.893. The molecule has 96 valence electrons. The Morgan fingerprint density at radius 2 is 2.35 bits per heavy atom. The zero-order valence-corrected chi connectivity index (χ0v) is 12.0. The third-order valence-electron chi connectivity index (χ3n) is 3.45. The first-order valence-corrected chi connectivity index (χ1v) is 7.31. The average Bonchev–Trinajstić information content (AvgIpc) is 2.82. The Morgan fingerprint density at radius 1 is 1.59 bits per heavy atom. The van der Waals surface area contributed by atoms with Crippen LogP contribution in [0.25, 0.3) is 0 Å². The van der Waals surface area contributed by atoms with Gasteiger partial charge in [0.05, 0.1) is 6.04 Å². The van der Waals surface area contributed by atoms with Gasteiger partial charge in [-0.15, -0.1) is 11.3 Å². The van der Waals surface area contributed by atoms with Crippen molar-refractivity contribution in [3.05, 3.63) is 16.1 Å². The summed E-state index contributed by atoms with van der Waals surface area (Å²) in [5.74, 6) is 0.702. The third kappa shape index (κ3) is 3.06. The monoisotopic (exact) mass is 253 g/mol. The summed E-state index contributed by atoms with van der Waals surface area (Å²) in [4.78, 5) is 7.12. The summed E-state index contributed by atoms with van der Waals surface area (Å²) in [5, 5.41) is 7.02. The van der Waals surface area contributed by atoms with Gasteiger partial charge < -0.3 is 5.32 Å². The summed E-state index contributed by atoms with van der Waals surface area (Å²) in [6.45, 7) is 8.79. The van der Waals surface area contributed by atoms with Crippen molar-refractivity contribution in [1.29, 1.82) is 0 Å². The van der Waals surface area contributed by atoms with E-state index in [9.17, 15) is 0 Å². The summed E-state index contributed by atoms with van der Waals surface area (Å²) >= 11 is 1.81. The van der Waals surface area contributed by atoms with Gasteiger partial charge in [-0.2, -0.15) is 0 Å². The van der Waals surface area contributed by atoms with Crippen LogP contribution in [0.1, 0.15) is 37.0 Å². The van der Waals surface area contributed by atoms with Crippen LogP contribution in [0.2, 0.25) is 0 Å². The zero-order chi connectivity index (χ0) is 12.4. The largest absolute Gasteiger partial charge is 0.314 e. The summed E-state index contributed by atoms with van der Waals surface area (Å²) < 4.78 is 0. The van der Waals surface area contributed by atoms with Crippen LogP contribution in [-0.2, 0) is 0 Å². The molecule has 2 unspecified atom stereocenters. The number of aromatic nitrogens is 1. The van der Waals surface area contributed by atoms with Crippen molar-refractivity contribution >= 4 is 11.3 Å². The van der Waals surface area contributed by atoms with Crippen molar-refractivity contribution in [2.24, 2.45) is 5.92 Å². The molecular weight excluding hydrogens is 230 g/mol. The lowest BCUT2D eigenvalue weighted by Crippen LogP contribution is -2.32. The van der Waals surface area contributed by atoms with Crippen LogP contribution in [0.5, 0.6) is 0 Å². The normalized spacial score (nSPS) is 25.9. The molecule has 2 atom stereocenters. The van der Waals surface area contributed by atoms with E-state index in [4.69, 9.17) is 0 Å². The van der Waals surface area contributed by atoms with Crippen LogP contribution < -0.4 is 5.32 Å². The fraction of sp³-hybridized carbons (Fsp3) is 0.769. The predicted molar refractivity (Wildman–Crippen MR) is 73.5 cm³/mol. The molecule has 1 aliphatic heterocycles.